The lowest BCUT2D eigenvalue weighted by atomic mass is 10.1. The monoisotopic (exact) mass is 297 g/mol. The van der Waals surface area contributed by atoms with Gasteiger partial charge in [-0.2, -0.15) is 0 Å². The first kappa shape index (κ1) is 15.1. The van der Waals surface area contributed by atoms with Crippen molar-refractivity contribution in [2.24, 2.45) is 0 Å². The number of hydrogen-bond acceptors (Lipinski definition) is 4. The average molecular weight is 298 g/mol. The minimum absolute atomic E-state index is 0.160. The summed E-state index contributed by atoms with van der Waals surface area (Å²) in [5, 5.41) is 0.739. The van der Waals surface area contributed by atoms with Crippen molar-refractivity contribution < 1.29 is 14.3 Å². The van der Waals surface area contributed by atoms with Crippen LogP contribution in [0.25, 0.3) is 0 Å². The largest absolute Gasteiger partial charge is 0.493 e. The Balaban J connectivity index is 1.95. The second-order valence-corrected chi connectivity index (χ2v) is 5.38. The molecule has 2 rings (SSSR count). The smallest absolute Gasteiger partial charge is 0.307 e. The van der Waals surface area contributed by atoms with E-state index in [0.717, 1.165) is 29.4 Å². The van der Waals surface area contributed by atoms with Gasteiger partial charge in [0.1, 0.15) is 5.75 Å². The Morgan fingerprint density at radius 2 is 2.30 bits per heavy atom. The molecular formula is C15H20ClNO3. The van der Waals surface area contributed by atoms with E-state index in [4.69, 9.17) is 21.1 Å². The van der Waals surface area contributed by atoms with Gasteiger partial charge in [0.15, 0.2) is 0 Å². The van der Waals surface area contributed by atoms with Gasteiger partial charge in [0.25, 0.3) is 0 Å². The van der Waals surface area contributed by atoms with Gasteiger partial charge in [-0.1, -0.05) is 11.6 Å². The lowest BCUT2D eigenvalue weighted by Crippen LogP contribution is -2.22. The molecule has 0 atom stereocenters. The zero-order chi connectivity index (χ0) is 14.5. The summed E-state index contributed by atoms with van der Waals surface area (Å²) in [6.07, 6.45) is 1.31. The Labute approximate surface area is 124 Å². The van der Waals surface area contributed by atoms with Crippen LogP contribution in [-0.4, -0.2) is 37.7 Å². The van der Waals surface area contributed by atoms with E-state index < -0.39 is 0 Å². The molecule has 1 aliphatic rings. The van der Waals surface area contributed by atoms with E-state index in [1.54, 1.807) is 0 Å². The van der Waals surface area contributed by atoms with E-state index in [9.17, 15) is 4.79 Å². The molecule has 0 spiro atoms. The molecule has 0 bridgehead atoms. The molecule has 0 saturated carbocycles. The first-order chi connectivity index (χ1) is 9.60. The molecule has 0 aliphatic carbocycles. The number of rotatable bonds is 6. The van der Waals surface area contributed by atoms with Crippen LogP contribution < -0.4 is 4.74 Å². The number of ether oxygens (including phenoxy) is 2. The average Bonchev–Trinajstić information content (AvgIpc) is 2.85. The number of esters is 1. The maximum absolute atomic E-state index is 11.3. The lowest BCUT2D eigenvalue weighted by molar-refractivity contribution is -0.143. The number of benzene rings is 1. The van der Waals surface area contributed by atoms with Gasteiger partial charge in [0.2, 0.25) is 0 Å². The Hall–Kier alpha value is -1.26. The zero-order valence-electron chi connectivity index (χ0n) is 11.9. The van der Waals surface area contributed by atoms with Crippen LogP contribution in [0.15, 0.2) is 12.1 Å². The maximum atomic E-state index is 11.3. The molecule has 0 saturated heterocycles. The van der Waals surface area contributed by atoms with Crippen molar-refractivity contribution >= 4 is 17.6 Å². The van der Waals surface area contributed by atoms with E-state index >= 15 is 0 Å². The first-order valence-electron chi connectivity index (χ1n) is 6.88. The van der Waals surface area contributed by atoms with Gasteiger partial charge in [-0.15, -0.1) is 0 Å². The van der Waals surface area contributed by atoms with E-state index in [1.165, 1.54) is 5.56 Å². The fraction of sp³-hybridized carbons (Fsp3) is 0.533. The second kappa shape index (κ2) is 6.95. The molecule has 1 heterocycles. The van der Waals surface area contributed by atoms with Gasteiger partial charge in [-0.25, -0.2) is 0 Å². The van der Waals surface area contributed by atoms with Crippen molar-refractivity contribution in [1.82, 2.24) is 4.90 Å². The van der Waals surface area contributed by atoms with Gasteiger partial charge in [0, 0.05) is 30.1 Å². The topological polar surface area (TPSA) is 38.8 Å². The Bertz CT molecular complexity index is 490. The molecule has 5 heteroatoms. The fourth-order valence-electron chi connectivity index (χ4n) is 2.35. The van der Waals surface area contributed by atoms with Crippen LogP contribution in [0.3, 0.4) is 0 Å². The molecule has 0 radical (unpaired) electrons. The second-order valence-electron chi connectivity index (χ2n) is 4.94. The van der Waals surface area contributed by atoms with Crippen LogP contribution in [-0.2, 0) is 22.5 Å². The Kier molecular flexibility index (Phi) is 5.26. The quantitative estimate of drug-likeness (QED) is 0.757. The number of halogens is 1. The summed E-state index contributed by atoms with van der Waals surface area (Å²) in [6, 6.07) is 3.90. The van der Waals surface area contributed by atoms with Crippen molar-refractivity contribution in [2.75, 3.05) is 26.8 Å². The minimum atomic E-state index is -0.160. The molecule has 1 aliphatic heterocycles. The predicted octanol–water partition coefficient (Wildman–Crippen LogP) is 2.66. The van der Waals surface area contributed by atoms with Crippen molar-refractivity contribution in [1.29, 1.82) is 0 Å². The molecule has 110 valence electrons. The third-order valence-electron chi connectivity index (χ3n) is 3.27. The van der Waals surface area contributed by atoms with Crippen LogP contribution >= 0.6 is 11.6 Å². The number of fused-ring (bicyclic) bond motifs is 1. The maximum Gasteiger partial charge on any atom is 0.307 e. The number of carbonyl (C=O) groups is 1. The summed E-state index contributed by atoms with van der Waals surface area (Å²) >= 11 is 6.13. The molecule has 20 heavy (non-hydrogen) atoms. The van der Waals surface area contributed by atoms with Gasteiger partial charge >= 0.3 is 5.97 Å². The van der Waals surface area contributed by atoms with Gasteiger partial charge in [0.05, 0.1) is 19.6 Å². The standard InChI is InChI=1S/C15H20ClNO3/c1-3-19-14(18)4-6-17(2)10-12-9-13(16)8-11-5-7-20-15(11)12/h8-9H,3-7,10H2,1-2H3. The highest BCUT2D eigenvalue weighted by Crippen LogP contribution is 2.33. The number of nitrogens with zero attached hydrogens (tertiary/aromatic N) is 1. The predicted molar refractivity (Wildman–Crippen MR) is 78.2 cm³/mol. The molecule has 0 N–H and O–H groups in total. The first-order valence-corrected chi connectivity index (χ1v) is 7.26. The van der Waals surface area contributed by atoms with Crippen LogP contribution in [0.1, 0.15) is 24.5 Å². The number of hydrogen-bond donors (Lipinski definition) is 0. The summed E-state index contributed by atoms with van der Waals surface area (Å²) in [4.78, 5) is 13.4. The molecule has 0 unspecified atom stereocenters. The molecular weight excluding hydrogens is 278 g/mol. The van der Waals surface area contributed by atoms with Crippen LogP contribution in [0.2, 0.25) is 5.02 Å². The SMILES string of the molecule is CCOC(=O)CCN(C)Cc1cc(Cl)cc2c1OCC2. The van der Waals surface area contributed by atoms with Crippen molar-refractivity contribution in [3.8, 4) is 5.75 Å². The van der Waals surface area contributed by atoms with E-state index in [-0.39, 0.29) is 5.97 Å². The zero-order valence-corrected chi connectivity index (χ0v) is 12.7. The van der Waals surface area contributed by atoms with E-state index in [0.29, 0.717) is 26.1 Å². The van der Waals surface area contributed by atoms with Crippen molar-refractivity contribution in [3.63, 3.8) is 0 Å². The molecule has 1 aromatic rings. The molecule has 0 aromatic heterocycles. The third-order valence-corrected chi connectivity index (χ3v) is 3.49. The Morgan fingerprint density at radius 3 is 3.05 bits per heavy atom. The molecule has 1 aromatic carbocycles. The molecule has 4 nitrogen and oxygen atoms in total. The summed E-state index contributed by atoms with van der Waals surface area (Å²) < 4.78 is 10.6. The fourth-order valence-corrected chi connectivity index (χ4v) is 2.61. The van der Waals surface area contributed by atoms with E-state index in [1.807, 2.05) is 26.1 Å². The van der Waals surface area contributed by atoms with Crippen LogP contribution in [0.5, 0.6) is 5.75 Å². The summed E-state index contributed by atoms with van der Waals surface area (Å²) in [5.74, 6) is 0.796. The van der Waals surface area contributed by atoms with E-state index in [2.05, 4.69) is 4.90 Å². The normalized spacial score (nSPS) is 13.2. The number of carbonyl (C=O) groups excluding carboxylic acids is 1. The molecule has 0 fully saturated rings. The highest BCUT2D eigenvalue weighted by Gasteiger charge is 2.18. The van der Waals surface area contributed by atoms with Gasteiger partial charge in [-0.05, 0) is 31.7 Å². The third kappa shape index (κ3) is 3.87. The molecule has 0 amide bonds. The highest BCUT2D eigenvalue weighted by atomic mass is 35.5. The van der Waals surface area contributed by atoms with Crippen molar-refractivity contribution in [3.05, 3.63) is 28.3 Å². The lowest BCUT2D eigenvalue weighted by Gasteiger charge is -2.18. The van der Waals surface area contributed by atoms with Crippen LogP contribution in [0, 0.1) is 0 Å². The minimum Gasteiger partial charge on any atom is -0.493 e. The highest BCUT2D eigenvalue weighted by molar-refractivity contribution is 6.30. The summed E-state index contributed by atoms with van der Waals surface area (Å²) in [6.45, 7) is 4.32. The van der Waals surface area contributed by atoms with Gasteiger partial charge in [-0.3, -0.25) is 4.79 Å². The van der Waals surface area contributed by atoms with Gasteiger partial charge < -0.3 is 14.4 Å². The summed E-state index contributed by atoms with van der Waals surface area (Å²) in [7, 11) is 1.97. The summed E-state index contributed by atoms with van der Waals surface area (Å²) in [5.41, 5.74) is 2.25. The Morgan fingerprint density at radius 1 is 1.50 bits per heavy atom. The van der Waals surface area contributed by atoms with Crippen molar-refractivity contribution in [2.45, 2.75) is 26.3 Å². The van der Waals surface area contributed by atoms with Crippen LogP contribution in [0.4, 0.5) is 0 Å².